The molecule has 1 aliphatic rings. The summed E-state index contributed by atoms with van der Waals surface area (Å²) in [6, 6.07) is 0. The molecule has 0 saturated heterocycles. The number of aliphatic hydroxyl groups excluding tert-OH is 1. The van der Waals surface area contributed by atoms with E-state index in [1.807, 2.05) is 0 Å². The third-order valence-corrected chi connectivity index (χ3v) is 3.97. The van der Waals surface area contributed by atoms with E-state index >= 15 is 0 Å². The summed E-state index contributed by atoms with van der Waals surface area (Å²) in [5, 5.41) is 12.7. The second kappa shape index (κ2) is 2.51. The molecule has 2 atom stereocenters. The van der Waals surface area contributed by atoms with Crippen LogP contribution in [0.5, 0.6) is 0 Å². The Balaban J connectivity index is 2.46. The predicted molar refractivity (Wildman–Crippen MR) is 39.8 cm³/mol. The molecule has 9 heavy (non-hydrogen) atoms. The van der Waals surface area contributed by atoms with Crippen molar-refractivity contribution < 1.29 is 5.11 Å². The molecule has 0 aliphatic heterocycles. The Kier molecular flexibility index (Phi) is 2.08. The molecule has 0 aromatic rings. The van der Waals surface area contributed by atoms with Crippen LogP contribution in [0.1, 0.15) is 6.42 Å². The molecule has 2 unspecified atom stereocenters. The van der Waals surface area contributed by atoms with Crippen molar-refractivity contribution in [2.24, 2.45) is 11.7 Å². The molecule has 1 fully saturated rings. The van der Waals surface area contributed by atoms with Crippen LogP contribution in [-0.4, -0.2) is 38.4 Å². The first kappa shape index (κ1) is 7.43. The van der Waals surface area contributed by atoms with E-state index in [1.54, 1.807) is 0 Å². The molecular formula is C6H12AlNO. The van der Waals surface area contributed by atoms with Crippen molar-refractivity contribution in [1.29, 1.82) is 0 Å². The van der Waals surface area contributed by atoms with Crippen molar-refractivity contribution in [1.82, 2.24) is 0 Å². The Morgan fingerprint density at radius 3 is 2.67 bits per heavy atom. The molecule has 2 nitrogen and oxygen atoms in total. The summed E-state index contributed by atoms with van der Waals surface area (Å²) < 4.78 is 0.203. The van der Waals surface area contributed by atoms with Crippen LogP contribution in [0.15, 0.2) is 0 Å². The topological polar surface area (TPSA) is 46.2 Å². The fourth-order valence-corrected chi connectivity index (χ4v) is 2.28. The van der Waals surface area contributed by atoms with E-state index in [-0.39, 0.29) is 19.1 Å². The summed E-state index contributed by atoms with van der Waals surface area (Å²) in [5.41, 5.74) is 5.43. The normalized spacial score (nSPS) is 40.0. The van der Waals surface area contributed by atoms with Gasteiger partial charge in [0.2, 0.25) is 0 Å². The molecule has 0 spiro atoms. The summed E-state index contributed by atoms with van der Waals surface area (Å²) in [5.74, 6) is 0.579. The van der Waals surface area contributed by atoms with Crippen LogP contribution in [-0.2, 0) is 0 Å². The maximum atomic E-state index is 8.88. The molecule has 1 aliphatic carbocycles. The van der Waals surface area contributed by atoms with Gasteiger partial charge in [0.15, 0.2) is 0 Å². The Labute approximate surface area is 61.3 Å². The molecule has 50 valence electrons. The number of hydrogen-bond acceptors (Lipinski definition) is 2. The van der Waals surface area contributed by atoms with Gasteiger partial charge in [-0.2, -0.15) is 0 Å². The molecule has 0 aromatic carbocycles. The van der Waals surface area contributed by atoms with E-state index in [4.69, 9.17) is 10.8 Å². The molecule has 0 aromatic heterocycles. The Hall–Kier alpha value is 0.322. The van der Waals surface area contributed by atoms with Gasteiger partial charge in [0.25, 0.3) is 0 Å². The van der Waals surface area contributed by atoms with E-state index < -0.39 is 0 Å². The van der Waals surface area contributed by atoms with E-state index in [1.165, 1.54) is 0 Å². The van der Waals surface area contributed by atoms with Crippen molar-refractivity contribution in [2.45, 2.75) is 10.7 Å². The first-order valence-corrected chi connectivity index (χ1v) is 4.63. The zero-order valence-electron chi connectivity index (χ0n) is 5.51. The van der Waals surface area contributed by atoms with E-state index in [0.29, 0.717) is 12.5 Å². The SMILES string of the molecule is [CH2]=[Al][C]1(CO)CC1CN. The Bertz CT molecular complexity index is 128. The molecule has 3 N–H and O–H groups in total. The average molecular weight is 141 g/mol. The molecule has 1 rings (SSSR count). The van der Waals surface area contributed by atoms with E-state index in [2.05, 4.69) is 5.39 Å². The Morgan fingerprint density at radius 2 is 2.56 bits per heavy atom. The summed E-state index contributed by atoms with van der Waals surface area (Å²) in [6.45, 7) is 1.02. The van der Waals surface area contributed by atoms with Crippen molar-refractivity contribution >= 4 is 20.2 Å². The van der Waals surface area contributed by atoms with Gasteiger partial charge in [0.05, 0.1) is 0 Å². The van der Waals surface area contributed by atoms with Crippen LogP contribution in [0.25, 0.3) is 0 Å². The molecule has 0 bridgehead atoms. The second-order valence-corrected chi connectivity index (χ2v) is 4.29. The predicted octanol–water partition coefficient (Wildman–Crippen LogP) is -0.748. The second-order valence-electron chi connectivity index (χ2n) is 2.73. The third-order valence-electron chi connectivity index (χ3n) is 2.26. The van der Waals surface area contributed by atoms with Gasteiger partial charge in [0.1, 0.15) is 0 Å². The van der Waals surface area contributed by atoms with Crippen LogP contribution >= 0.6 is 0 Å². The minimum absolute atomic E-state index is 0.159. The monoisotopic (exact) mass is 141 g/mol. The summed E-state index contributed by atoms with van der Waals surface area (Å²) in [7, 11) is 0. The number of aliphatic hydroxyl groups is 1. The summed E-state index contributed by atoms with van der Waals surface area (Å²) in [4.78, 5) is 0. The van der Waals surface area contributed by atoms with Crippen LogP contribution in [0.4, 0.5) is 0 Å². The summed E-state index contributed by atoms with van der Waals surface area (Å²) in [6.07, 6.45) is 1.11. The molecule has 3 heteroatoms. The van der Waals surface area contributed by atoms with Crippen LogP contribution in [0.2, 0.25) is 4.28 Å². The minimum atomic E-state index is 0.159. The summed E-state index contributed by atoms with van der Waals surface area (Å²) >= 11 is 0.159. The fraction of sp³-hybridized carbons (Fsp3) is 0.833. The first-order valence-electron chi connectivity index (χ1n) is 3.23. The van der Waals surface area contributed by atoms with Crippen molar-refractivity contribution in [3.8, 4) is 0 Å². The molecular weight excluding hydrogens is 129 g/mol. The van der Waals surface area contributed by atoms with Gasteiger partial charge in [-0.15, -0.1) is 0 Å². The van der Waals surface area contributed by atoms with Gasteiger partial charge in [0, 0.05) is 0 Å². The first-order chi connectivity index (χ1) is 4.29. The molecule has 0 radical (unpaired) electrons. The standard InChI is InChI=1S/C5H10NO.CH2.Al/c6-2-4-1-5(4)3-7;;/h4,7H,1-3,6H2;1H2;. The number of nitrogens with two attached hydrogens (primary N) is 1. The van der Waals surface area contributed by atoms with Gasteiger partial charge in [-0.3, -0.25) is 0 Å². The zero-order valence-corrected chi connectivity index (χ0v) is 6.66. The van der Waals surface area contributed by atoms with Gasteiger partial charge < -0.3 is 0 Å². The van der Waals surface area contributed by atoms with Gasteiger partial charge in [-0.05, 0) is 0 Å². The van der Waals surface area contributed by atoms with Gasteiger partial charge in [-0.1, -0.05) is 0 Å². The van der Waals surface area contributed by atoms with Gasteiger partial charge in [-0.25, -0.2) is 0 Å². The molecule has 0 amide bonds. The van der Waals surface area contributed by atoms with Crippen LogP contribution in [0.3, 0.4) is 0 Å². The van der Waals surface area contributed by atoms with Crippen molar-refractivity contribution in [3.63, 3.8) is 0 Å². The zero-order chi connectivity index (χ0) is 6.91. The van der Waals surface area contributed by atoms with Gasteiger partial charge >= 0.3 is 60.8 Å². The number of hydrogen-bond donors (Lipinski definition) is 2. The quantitative estimate of drug-likeness (QED) is 0.508. The number of rotatable bonds is 3. The average Bonchev–Trinajstić information content (AvgIpc) is 2.63. The molecule has 1 saturated carbocycles. The molecule has 0 heterocycles. The van der Waals surface area contributed by atoms with E-state index in [9.17, 15) is 0 Å². The maximum absolute atomic E-state index is 8.88. The van der Waals surface area contributed by atoms with Crippen molar-refractivity contribution in [3.05, 3.63) is 0 Å². The van der Waals surface area contributed by atoms with Crippen LogP contribution in [0, 0.1) is 5.92 Å². The van der Waals surface area contributed by atoms with Crippen molar-refractivity contribution in [2.75, 3.05) is 13.2 Å². The Morgan fingerprint density at radius 1 is 1.89 bits per heavy atom. The fourth-order valence-electron chi connectivity index (χ4n) is 1.23. The van der Waals surface area contributed by atoms with Crippen LogP contribution < -0.4 is 5.73 Å². The third kappa shape index (κ3) is 1.11. The van der Waals surface area contributed by atoms with E-state index in [0.717, 1.165) is 13.0 Å².